The zero-order chi connectivity index (χ0) is 19.5. The molecule has 1 aliphatic rings. The number of thiazole rings is 1. The summed E-state index contributed by atoms with van der Waals surface area (Å²) in [5, 5.41) is 7.49. The van der Waals surface area contributed by atoms with E-state index in [0.717, 1.165) is 39.3 Å². The van der Waals surface area contributed by atoms with Crippen molar-refractivity contribution in [2.24, 2.45) is 5.92 Å². The van der Waals surface area contributed by atoms with Crippen molar-refractivity contribution in [2.75, 3.05) is 10.6 Å². The third kappa shape index (κ3) is 4.85. The highest BCUT2D eigenvalue weighted by Gasteiger charge is 2.29. The molecule has 0 atom stereocenters. The average Bonchev–Trinajstić information content (AvgIpc) is 3.46. The maximum absolute atomic E-state index is 11.9. The predicted molar refractivity (Wildman–Crippen MR) is 111 cm³/mol. The molecule has 0 aliphatic heterocycles. The van der Waals surface area contributed by atoms with Gasteiger partial charge in [-0.15, -0.1) is 11.3 Å². The predicted octanol–water partition coefficient (Wildman–Crippen LogP) is 4.44. The number of hydrogen-bond donors (Lipinski definition) is 2. The molecule has 1 saturated carbocycles. The number of aryl methyl sites for hydroxylation is 2. The lowest BCUT2D eigenvalue weighted by molar-refractivity contribution is -0.117. The minimum Gasteiger partial charge on any atom is -0.326 e. The van der Waals surface area contributed by atoms with Gasteiger partial charge in [-0.25, -0.2) is 9.97 Å². The summed E-state index contributed by atoms with van der Waals surface area (Å²) in [6.07, 6.45) is 4.52. The quantitative estimate of drug-likeness (QED) is 0.592. The Labute approximate surface area is 171 Å². The van der Waals surface area contributed by atoms with Gasteiger partial charge in [0.15, 0.2) is 10.3 Å². The largest absolute Gasteiger partial charge is 0.326 e. The minimum atomic E-state index is 0.110. The van der Waals surface area contributed by atoms with Crippen molar-refractivity contribution in [3.05, 3.63) is 41.2 Å². The van der Waals surface area contributed by atoms with Gasteiger partial charge in [0.2, 0.25) is 11.9 Å². The van der Waals surface area contributed by atoms with Crippen LogP contribution in [0.2, 0.25) is 0 Å². The van der Waals surface area contributed by atoms with E-state index in [1.165, 1.54) is 11.8 Å². The Bertz CT molecular complexity index is 984. The third-order valence-electron chi connectivity index (χ3n) is 4.10. The second kappa shape index (κ2) is 8.24. The first-order valence-electron chi connectivity index (χ1n) is 9.12. The molecule has 1 aliphatic carbocycles. The van der Waals surface area contributed by atoms with E-state index in [2.05, 4.69) is 30.6 Å². The van der Waals surface area contributed by atoms with E-state index in [1.54, 1.807) is 11.3 Å². The summed E-state index contributed by atoms with van der Waals surface area (Å²) in [4.78, 5) is 31.7. The van der Waals surface area contributed by atoms with Crippen LogP contribution in [0.1, 0.15) is 30.5 Å². The number of nitrogens with one attached hydrogen (secondary N) is 2. The summed E-state index contributed by atoms with van der Waals surface area (Å²) in [5.41, 5.74) is 0.813. The Hall–Kier alpha value is -2.52. The maximum Gasteiger partial charge on any atom is 0.233 e. The van der Waals surface area contributed by atoms with Crippen molar-refractivity contribution >= 4 is 45.8 Å². The van der Waals surface area contributed by atoms with E-state index < -0.39 is 0 Å². The number of carbonyl (C=O) groups is 1. The van der Waals surface area contributed by atoms with E-state index in [-0.39, 0.29) is 11.8 Å². The van der Waals surface area contributed by atoms with Crippen molar-refractivity contribution in [1.82, 2.24) is 19.9 Å². The van der Waals surface area contributed by atoms with E-state index in [4.69, 9.17) is 0 Å². The maximum atomic E-state index is 11.9. The third-order valence-corrected chi connectivity index (χ3v) is 5.80. The molecule has 144 valence electrons. The molecule has 2 heterocycles. The highest BCUT2D eigenvalue weighted by molar-refractivity contribution is 7.99. The first kappa shape index (κ1) is 18.8. The first-order valence-corrected chi connectivity index (χ1v) is 10.8. The molecule has 3 aromatic rings. The number of hydrogen-bond acceptors (Lipinski definition) is 8. The summed E-state index contributed by atoms with van der Waals surface area (Å²) in [6, 6.07) is 7.73. The van der Waals surface area contributed by atoms with Crippen molar-refractivity contribution in [1.29, 1.82) is 0 Å². The van der Waals surface area contributed by atoms with Crippen molar-refractivity contribution in [2.45, 2.75) is 43.2 Å². The molecule has 2 N–H and O–H groups in total. The number of carbonyl (C=O) groups excluding carboxylic acids is 1. The van der Waals surface area contributed by atoms with Crippen LogP contribution in [0.3, 0.4) is 0 Å². The molecular formula is C19H20N6OS2. The van der Waals surface area contributed by atoms with Gasteiger partial charge in [-0.1, -0.05) is 6.92 Å². The Morgan fingerprint density at radius 1 is 1.21 bits per heavy atom. The van der Waals surface area contributed by atoms with Crippen LogP contribution in [0.4, 0.5) is 16.8 Å². The van der Waals surface area contributed by atoms with Crippen molar-refractivity contribution < 1.29 is 4.79 Å². The molecular weight excluding hydrogens is 392 g/mol. The Kier molecular flexibility index (Phi) is 5.54. The van der Waals surface area contributed by atoms with Gasteiger partial charge >= 0.3 is 0 Å². The number of benzene rings is 1. The molecule has 1 fully saturated rings. The smallest absolute Gasteiger partial charge is 0.233 e. The van der Waals surface area contributed by atoms with Gasteiger partial charge in [0.25, 0.3) is 0 Å². The van der Waals surface area contributed by atoms with Crippen LogP contribution in [0.25, 0.3) is 0 Å². The normalized spacial score (nSPS) is 13.4. The van der Waals surface area contributed by atoms with E-state index in [1.807, 2.05) is 44.3 Å². The molecule has 0 saturated heterocycles. The Balaban J connectivity index is 1.47. The fraction of sp³-hybridized carbons (Fsp3) is 0.316. The van der Waals surface area contributed by atoms with E-state index in [9.17, 15) is 4.79 Å². The molecule has 28 heavy (non-hydrogen) atoms. The van der Waals surface area contributed by atoms with Gasteiger partial charge in [0.1, 0.15) is 5.82 Å². The number of anilines is 3. The van der Waals surface area contributed by atoms with Crippen molar-refractivity contribution in [3.63, 3.8) is 0 Å². The SMILES string of the molecule is CCc1nc(Nc2ncc(C)s2)nc(Sc2ccc(NC(=O)C3CC3)cc2)n1. The molecule has 7 nitrogen and oxygen atoms in total. The van der Waals surface area contributed by atoms with Crippen LogP contribution in [0.15, 0.2) is 40.5 Å². The summed E-state index contributed by atoms with van der Waals surface area (Å²) < 4.78 is 0. The average molecular weight is 413 g/mol. The topological polar surface area (TPSA) is 92.7 Å². The second-order valence-corrected chi connectivity index (χ2v) is 8.78. The van der Waals surface area contributed by atoms with Crippen LogP contribution < -0.4 is 10.6 Å². The van der Waals surface area contributed by atoms with Crippen LogP contribution >= 0.6 is 23.1 Å². The lowest BCUT2D eigenvalue weighted by Crippen LogP contribution is -2.12. The molecule has 0 spiro atoms. The van der Waals surface area contributed by atoms with Gasteiger partial charge in [-0.2, -0.15) is 9.97 Å². The summed E-state index contributed by atoms with van der Waals surface area (Å²) in [6.45, 7) is 4.02. The second-order valence-electron chi connectivity index (χ2n) is 6.50. The van der Waals surface area contributed by atoms with Crippen LogP contribution in [0, 0.1) is 12.8 Å². The monoisotopic (exact) mass is 412 g/mol. The lowest BCUT2D eigenvalue weighted by atomic mass is 10.3. The van der Waals surface area contributed by atoms with E-state index in [0.29, 0.717) is 17.5 Å². The fourth-order valence-corrected chi connectivity index (χ4v) is 3.89. The van der Waals surface area contributed by atoms with Gasteiger partial charge in [-0.3, -0.25) is 10.1 Å². The van der Waals surface area contributed by atoms with Crippen LogP contribution in [-0.4, -0.2) is 25.8 Å². The Morgan fingerprint density at radius 2 is 2.00 bits per heavy atom. The molecule has 0 unspecified atom stereocenters. The molecule has 4 rings (SSSR count). The molecule has 0 bridgehead atoms. The zero-order valence-electron chi connectivity index (χ0n) is 15.6. The zero-order valence-corrected chi connectivity index (χ0v) is 17.2. The van der Waals surface area contributed by atoms with Gasteiger partial charge in [0, 0.05) is 34.0 Å². The van der Waals surface area contributed by atoms with Gasteiger partial charge in [0.05, 0.1) is 0 Å². The minimum absolute atomic E-state index is 0.110. The summed E-state index contributed by atoms with van der Waals surface area (Å²) in [7, 11) is 0. The van der Waals surface area contributed by atoms with Crippen LogP contribution in [-0.2, 0) is 11.2 Å². The number of rotatable bonds is 7. The molecule has 0 radical (unpaired) electrons. The Morgan fingerprint density at radius 3 is 2.64 bits per heavy atom. The van der Waals surface area contributed by atoms with Crippen molar-refractivity contribution in [3.8, 4) is 0 Å². The van der Waals surface area contributed by atoms with Gasteiger partial charge < -0.3 is 5.32 Å². The molecule has 9 heteroatoms. The highest BCUT2D eigenvalue weighted by atomic mass is 32.2. The lowest BCUT2D eigenvalue weighted by Gasteiger charge is -2.07. The molecule has 1 aromatic carbocycles. The summed E-state index contributed by atoms with van der Waals surface area (Å²) in [5.74, 6) is 1.52. The number of nitrogens with zero attached hydrogens (tertiary/aromatic N) is 4. The summed E-state index contributed by atoms with van der Waals surface area (Å²) >= 11 is 3.02. The highest BCUT2D eigenvalue weighted by Crippen LogP contribution is 2.31. The van der Waals surface area contributed by atoms with Crippen LogP contribution in [0.5, 0.6) is 0 Å². The first-order chi connectivity index (χ1) is 13.6. The number of amides is 1. The molecule has 2 aromatic heterocycles. The standard InChI is InChI=1S/C19H20N6OS2/c1-3-15-22-17(24-18-20-10-11(2)27-18)25-19(23-15)28-14-8-6-13(7-9-14)21-16(26)12-4-5-12/h6-10,12H,3-5H2,1-2H3,(H,21,26)(H,20,22,23,24,25). The molecule has 1 amide bonds. The number of aromatic nitrogens is 4. The van der Waals surface area contributed by atoms with Gasteiger partial charge in [-0.05, 0) is 55.8 Å². The van der Waals surface area contributed by atoms with E-state index >= 15 is 0 Å². The fourth-order valence-electron chi connectivity index (χ4n) is 2.47.